The second-order valence-electron chi connectivity index (χ2n) is 4.48. The lowest BCUT2D eigenvalue weighted by Gasteiger charge is -2.14. The molecule has 0 bridgehead atoms. The van der Waals surface area contributed by atoms with E-state index in [1.165, 1.54) is 18.5 Å². The van der Waals surface area contributed by atoms with E-state index in [1.54, 1.807) is 36.4 Å². The first-order chi connectivity index (χ1) is 9.55. The number of rotatable bonds is 1. The summed E-state index contributed by atoms with van der Waals surface area (Å²) in [6.07, 6.45) is -1.41. The van der Waals surface area contributed by atoms with E-state index in [0.717, 1.165) is 5.39 Å². The van der Waals surface area contributed by atoms with Crippen molar-refractivity contribution in [3.05, 3.63) is 66.5 Å². The van der Waals surface area contributed by atoms with E-state index < -0.39 is 11.7 Å². The summed E-state index contributed by atoms with van der Waals surface area (Å²) in [7, 11) is 0. The third-order valence-corrected chi connectivity index (χ3v) is 3.16. The van der Waals surface area contributed by atoms with Crippen molar-refractivity contribution >= 4 is 10.8 Å². The number of hydrogen-bond donors (Lipinski definition) is 0. The van der Waals surface area contributed by atoms with E-state index in [4.69, 9.17) is 0 Å². The van der Waals surface area contributed by atoms with Crippen LogP contribution in [0.3, 0.4) is 0 Å². The van der Waals surface area contributed by atoms with E-state index in [0.29, 0.717) is 10.9 Å². The van der Waals surface area contributed by atoms with Gasteiger partial charge in [0.05, 0.1) is 5.56 Å². The van der Waals surface area contributed by atoms with Gasteiger partial charge in [-0.25, -0.2) is 0 Å². The Hall–Kier alpha value is -2.36. The van der Waals surface area contributed by atoms with Crippen LogP contribution in [0.2, 0.25) is 0 Å². The molecule has 20 heavy (non-hydrogen) atoms. The molecule has 3 rings (SSSR count). The SMILES string of the molecule is FC(F)(F)c1cc2ccccc2cc1-c1cccnc1. The highest BCUT2D eigenvalue weighted by molar-refractivity contribution is 5.89. The number of alkyl halides is 3. The first kappa shape index (κ1) is 12.7. The second kappa shape index (κ2) is 4.63. The molecule has 0 amide bonds. The Morgan fingerprint density at radius 3 is 2.15 bits per heavy atom. The van der Waals surface area contributed by atoms with Gasteiger partial charge in [0.1, 0.15) is 0 Å². The van der Waals surface area contributed by atoms with Gasteiger partial charge in [0.15, 0.2) is 0 Å². The molecule has 0 atom stereocenters. The molecule has 1 heterocycles. The summed E-state index contributed by atoms with van der Waals surface area (Å²) >= 11 is 0. The molecule has 3 aromatic rings. The molecule has 0 N–H and O–H groups in total. The van der Waals surface area contributed by atoms with Crippen LogP contribution in [0.25, 0.3) is 21.9 Å². The summed E-state index contributed by atoms with van der Waals surface area (Å²) < 4.78 is 39.7. The zero-order valence-corrected chi connectivity index (χ0v) is 10.4. The minimum absolute atomic E-state index is 0.157. The Morgan fingerprint density at radius 2 is 1.55 bits per heavy atom. The fourth-order valence-corrected chi connectivity index (χ4v) is 2.24. The highest BCUT2D eigenvalue weighted by Gasteiger charge is 2.34. The number of hydrogen-bond acceptors (Lipinski definition) is 1. The monoisotopic (exact) mass is 273 g/mol. The molecule has 1 aromatic heterocycles. The quantitative estimate of drug-likeness (QED) is 0.613. The fraction of sp³-hybridized carbons (Fsp3) is 0.0625. The predicted octanol–water partition coefficient (Wildman–Crippen LogP) is 4.92. The van der Waals surface area contributed by atoms with Gasteiger partial charge < -0.3 is 0 Å². The lowest BCUT2D eigenvalue weighted by atomic mass is 9.96. The maximum atomic E-state index is 13.2. The molecule has 0 saturated heterocycles. The zero-order valence-electron chi connectivity index (χ0n) is 10.4. The zero-order chi connectivity index (χ0) is 14.2. The lowest BCUT2D eigenvalue weighted by Crippen LogP contribution is -2.07. The van der Waals surface area contributed by atoms with Crippen LogP contribution in [0.15, 0.2) is 60.9 Å². The number of fused-ring (bicyclic) bond motifs is 1. The van der Waals surface area contributed by atoms with Gasteiger partial charge in [-0.1, -0.05) is 30.3 Å². The Kier molecular flexibility index (Phi) is 2.93. The smallest absolute Gasteiger partial charge is 0.264 e. The van der Waals surface area contributed by atoms with Crippen LogP contribution < -0.4 is 0 Å². The number of aromatic nitrogens is 1. The van der Waals surface area contributed by atoms with Crippen LogP contribution in [-0.2, 0) is 6.18 Å². The molecule has 0 unspecified atom stereocenters. The largest absolute Gasteiger partial charge is 0.417 e. The van der Waals surface area contributed by atoms with Crippen LogP contribution in [0, 0.1) is 0 Å². The Bertz CT molecular complexity index is 749. The molecule has 0 spiro atoms. The second-order valence-corrected chi connectivity index (χ2v) is 4.48. The first-order valence-corrected chi connectivity index (χ1v) is 6.06. The van der Waals surface area contributed by atoms with E-state index >= 15 is 0 Å². The molecule has 100 valence electrons. The molecule has 0 fully saturated rings. The highest BCUT2D eigenvalue weighted by Crippen LogP contribution is 2.39. The topological polar surface area (TPSA) is 12.9 Å². The minimum Gasteiger partial charge on any atom is -0.264 e. The molecule has 0 aliphatic carbocycles. The van der Waals surface area contributed by atoms with Gasteiger partial charge in [0, 0.05) is 18.0 Å². The number of nitrogens with zero attached hydrogens (tertiary/aromatic N) is 1. The van der Waals surface area contributed by atoms with Crippen LogP contribution in [0.5, 0.6) is 0 Å². The normalized spacial score (nSPS) is 11.8. The van der Waals surface area contributed by atoms with Crippen LogP contribution in [-0.4, -0.2) is 4.98 Å². The van der Waals surface area contributed by atoms with Crippen LogP contribution >= 0.6 is 0 Å². The van der Waals surface area contributed by atoms with Crippen molar-refractivity contribution in [3.63, 3.8) is 0 Å². The number of pyridine rings is 1. The van der Waals surface area contributed by atoms with Crippen molar-refractivity contribution in [3.8, 4) is 11.1 Å². The molecule has 2 aromatic carbocycles. The van der Waals surface area contributed by atoms with Gasteiger partial charge in [-0.05, 0) is 34.5 Å². The molecule has 0 aliphatic heterocycles. The summed E-state index contributed by atoms with van der Waals surface area (Å²) in [5.74, 6) is 0. The summed E-state index contributed by atoms with van der Waals surface area (Å²) in [4.78, 5) is 3.90. The Morgan fingerprint density at radius 1 is 0.850 bits per heavy atom. The van der Waals surface area contributed by atoms with E-state index in [2.05, 4.69) is 4.98 Å². The van der Waals surface area contributed by atoms with Gasteiger partial charge in [-0.2, -0.15) is 13.2 Å². The van der Waals surface area contributed by atoms with Gasteiger partial charge in [0.2, 0.25) is 0 Å². The van der Waals surface area contributed by atoms with Crippen LogP contribution in [0.1, 0.15) is 5.56 Å². The molecule has 0 saturated carbocycles. The third-order valence-electron chi connectivity index (χ3n) is 3.16. The molecular weight excluding hydrogens is 263 g/mol. The van der Waals surface area contributed by atoms with Crippen molar-refractivity contribution in [2.45, 2.75) is 6.18 Å². The average Bonchev–Trinajstić information content (AvgIpc) is 2.46. The van der Waals surface area contributed by atoms with E-state index in [-0.39, 0.29) is 5.56 Å². The Balaban J connectivity index is 2.33. The fourth-order valence-electron chi connectivity index (χ4n) is 2.24. The third kappa shape index (κ3) is 2.25. The van der Waals surface area contributed by atoms with Crippen molar-refractivity contribution in [2.24, 2.45) is 0 Å². The van der Waals surface area contributed by atoms with Crippen molar-refractivity contribution < 1.29 is 13.2 Å². The minimum atomic E-state index is -4.39. The van der Waals surface area contributed by atoms with Crippen molar-refractivity contribution in [2.75, 3.05) is 0 Å². The first-order valence-electron chi connectivity index (χ1n) is 6.06. The highest BCUT2D eigenvalue weighted by atomic mass is 19.4. The average molecular weight is 273 g/mol. The maximum Gasteiger partial charge on any atom is 0.417 e. The number of halogens is 3. The van der Waals surface area contributed by atoms with Crippen LogP contribution in [0.4, 0.5) is 13.2 Å². The molecule has 0 aliphatic rings. The Labute approximate surface area is 113 Å². The maximum absolute atomic E-state index is 13.2. The summed E-state index contributed by atoms with van der Waals surface area (Å²) in [6, 6.07) is 13.0. The van der Waals surface area contributed by atoms with Gasteiger partial charge in [-0.3, -0.25) is 4.98 Å². The predicted molar refractivity (Wildman–Crippen MR) is 72.2 cm³/mol. The molecule has 0 radical (unpaired) electrons. The van der Waals surface area contributed by atoms with E-state index in [9.17, 15) is 13.2 Å². The van der Waals surface area contributed by atoms with Gasteiger partial charge in [-0.15, -0.1) is 0 Å². The van der Waals surface area contributed by atoms with Crippen molar-refractivity contribution in [1.29, 1.82) is 0 Å². The lowest BCUT2D eigenvalue weighted by molar-refractivity contribution is -0.137. The standard InChI is InChI=1S/C16H10F3N/c17-16(18,19)15-9-12-5-2-1-4-11(12)8-14(15)13-6-3-7-20-10-13/h1-10H. The van der Waals surface area contributed by atoms with Crippen molar-refractivity contribution in [1.82, 2.24) is 4.98 Å². The van der Waals surface area contributed by atoms with Gasteiger partial charge in [0.25, 0.3) is 0 Å². The molecule has 4 heteroatoms. The number of benzene rings is 2. The molecular formula is C16H10F3N. The summed E-state index contributed by atoms with van der Waals surface area (Å²) in [5, 5.41) is 1.35. The summed E-state index contributed by atoms with van der Waals surface area (Å²) in [5.41, 5.74) is -0.0147. The van der Waals surface area contributed by atoms with E-state index in [1.807, 2.05) is 6.07 Å². The summed E-state index contributed by atoms with van der Waals surface area (Å²) in [6.45, 7) is 0. The molecule has 1 nitrogen and oxygen atoms in total. The van der Waals surface area contributed by atoms with Gasteiger partial charge >= 0.3 is 6.18 Å².